The molecule has 0 fully saturated rings. The molecule has 6 heteroatoms. The predicted molar refractivity (Wildman–Crippen MR) is 144 cm³/mol. The Morgan fingerprint density at radius 1 is 1.26 bits per heavy atom. The van der Waals surface area contributed by atoms with Crippen LogP contribution in [0, 0.1) is 11.3 Å². The molecular formula is C29H33N3O2S. The smallest absolute Gasteiger partial charge is 0.255 e. The number of carbonyl (C=O) groups excluding carboxylic acids is 1. The number of fused-ring (bicyclic) bond motifs is 2. The van der Waals surface area contributed by atoms with Gasteiger partial charge in [0, 0.05) is 40.3 Å². The highest BCUT2D eigenvalue weighted by Crippen LogP contribution is 2.45. The molecule has 35 heavy (non-hydrogen) atoms. The van der Waals surface area contributed by atoms with Gasteiger partial charge in [0.05, 0.1) is 18.4 Å². The summed E-state index contributed by atoms with van der Waals surface area (Å²) in [4.78, 5) is 19.7. The number of para-hydroxylation sites is 1. The minimum Gasteiger partial charge on any atom is -0.467 e. The van der Waals surface area contributed by atoms with Crippen molar-refractivity contribution >= 4 is 39.4 Å². The quantitative estimate of drug-likeness (QED) is 0.294. The third kappa shape index (κ3) is 4.72. The van der Waals surface area contributed by atoms with E-state index in [-0.39, 0.29) is 11.3 Å². The number of furan rings is 1. The molecule has 0 aliphatic heterocycles. The summed E-state index contributed by atoms with van der Waals surface area (Å²) in [5, 5.41) is 5.03. The topological polar surface area (TPSA) is 59.5 Å². The summed E-state index contributed by atoms with van der Waals surface area (Å²) in [6.45, 7) is 10.4. The van der Waals surface area contributed by atoms with E-state index in [9.17, 15) is 4.79 Å². The predicted octanol–water partition coefficient (Wildman–Crippen LogP) is 7.15. The van der Waals surface area contributed by atoms with Gasteiger partial charge in [-0.15, -0.1) is 11.3 Å². The number of aromatic nitrogens is 1. The summed E-state index contributed by atoms with van der Waals surface area (Å²) in [6.07, 6.45) is 8.72. The number of aliphatic imine (C=N–C) groups is 1. The molecule has 1 amide bonds. The van der Waals surface area contributed by atoms with Gasteiger partial charge in [-0.1, -0.05) is 39.0 Å². The van der Waals surface area contributed by atoms with Gasteiger partial charge < -0.3 is 14.3 Å². The molecule has 3 heterocycles. The van der Waals surface area contributed by atoms with E-state index in [1.54, 1.807) is 17.6 Å². The minimum atomic E-state index is -0.0729. The highest BCUT2D eigenvalue weighted by molar-refractivity contribution is 7.16. The largest absolute Gasteiger partial charge is 0.467 e. The molecule has 0 unspecified atom stereocenters. The molecule has 5 nitrogen and oxygen atoms in total. The molecule has 0 saturated carbocycles. The van der Waals surface area contributed by atoms with E-state index in [0.717, 1.165) is 47.7 Å². The number of hydrogen-bond donors (Lipinski definition) is 1. The highest BCUT2D eigenvalue weighted by atomic mass is 32.1. The Morgan fingerprint density at radius 2 is 2.09 bits per heavy atom. The fourth-order valence-corrected chi connectivity index (χ4v) is 6.34. The van der Waals surface area contributed by atoms with Gasteiger partial charge in [0.15, 0.2) is 0 Å². The Labute approximate surface area is 210 Å². The SMILES string of the molecule is CCn1cc(C=Nc2sc3c(c2C(=O)NCc2ccco2)CC[C@@H](C(C)(C)C)C3)c2ccccc21. The monoisotopic (exact) mass is 487 g/mol. The molecule has 0 bridgehead atoms. The first-order valence-corrected chi connectivity index (χ1v) is 13.2. The van der Waals surface area contributed by atoms with E-state index in [4.69, 9.17) is 9.41 Å². The second kappa shape index (κ2) is 9.50. The molecule has 1 N–H and O–H groups in total. The van der Waals surface area contributed by atoms with Gasteiger partial charge in [-0.3, -0.25) is 4.79 Å². The Bertz CT molecular complexity index is 1370. The van der Waals surface area contributed by atoms with Crippen molar-refractivity contribution in [1.82, 2.24) is 9.88 Å². The zero-order chi connectivity index (χ0) is 24.6. The van der Waals surface area contributed by atoms with Gasteiger partial charge in [0.25, 0.3) is 5.91 Å². The van der Waals surface area contributed by atoms with Gasteiger partial charge >= 0.3 is 0 Å². The van der Waals surface area contributed by atoms with E-state index in [1.165, 1.54) is 21.3 Å². The number of thiophene rings is 1. The Balaban J connectivity index is 1.51. The number of benzene rings is 1. The zero-order valence-corrected chi connectivity index (χ0v) is 21.7. The van der Waals surface area contributed by atoms with Crippen molar-refractivity contribution in [2.45, 2.75) is 60.0 Å². The summed E-state index contributed by atoms with van der Waals surface area (Å²) in [5.74, 6) is 1.27. The fraction of sp³-hybridized carbons (Fsp3) is 0.379. The van der Waals surface area contributed by atoms with Crippen LogP contribution < -0.4 is 5.32 Å². The van der Waals surface area contributed by atoms with Crippen molar-refractivity contribution in [1.29, 1.82) is 0 Å². The Kier molecular flexibility index (Phi) is 6.41. The molecule has 5 rings (SSSR count). The lowest BCUT2D eigenvalue weighted by Gasteiger charge is -2.33. The number of aryl methyl sites for hydroxylation is 1. The minimum absolute atomic E-state index is 0.0729. The molecule has 1 aliphatic rings. The standard InChI is InChI=1S/C29H33N3O2S/c1-5-32-18-19(22-10-6-7-11-24(22)32)16-31-28-26(27(33)30-17-21-9-8-14-34-21)23-13-12-20(29(2,3)4)15-25(23)35-28/h6-11,14,16,18,20H,5,12-13,15,17H2,1-4H3,(H,30,33)/t20-/m1/s1. The third-order valence-corrected chi connectivity index (χ3v) is 8.35. The molecule has 1 aromatic carbocycles. The first-order valence-electron chi connectivity index (χ1n) is 12.4. The van der Waals surface area contributed by atoms with E-state index in [0.29, 0.717) is 12.5 Å². The number of amides is 1. The lowest BCUT2D eigenvalue weighted by Crippen LogP contribution is -2.28. The van der Waals surface area contributed by atoms with Crippen molar-refractivity contribution in [3.05, 3.63) is 76.2 Å². The van der Waals surface area contributed by atoms with Crippen molar-refractivity contribution in [3.63, 3.8) is 0 Å². The molecule has 0 radical (unpaired) electrons. The van der Waals surface area contributed by atoms with Crippen LogP contribution in [-0.4, -0.2) is 16.7 Å². The summed E-state index contributed by atoms with van der Waals surface area (Å²) >= 11 is 1.68. The summed E-state index contributed by atoms with van der Waals surface area (Å²) in [6, 6.07) is 12.1. The maximum absolute atomic E-state index is 13.4. The van der Waals surface area contributed by atoms with Gasteiger partial charge in [-0.25, -0.2) is 4.99 Å². The van der Waals surface area contributed by atoms with Crippen molar-refractivity contribution in [2.75, 3.05) is 0 Å². The Morgan fingerprint density at radius 3 is 2.83 bits per heavy atom. The normalized spacial score (nSPS) is 16.2. The van der Waals surface area contributed by atoms with Crippen LogP contribution in [0.3, 0.4) is 0 Å². The van der Waals surface area contributed by atoms with Crippen molar-refractivity contribution in [3.8, 4) is 0 Å². The maximum atomic E-state index is 13.4. The zero-order valence-electron chi connectivity index (χ0n) is 20.9. The van der Waals surface area contributed by atoms with Crippen LogP contribution in [0.4, 0.5) is 5.00 Å². The van der Waals surface area contributed by atoms with Gasteiger partial charge in [0.1, 0.15) is 10.8 Å². The van der Waals surface area contributed by atoms with Crippen molar-refractivity contribution in [2.24, 2.45) is 16.3 Å². The highest BCUT2D eigenvalue weighted by Gasteiger charge is 2.33. The van der Waals surface area contributed by atoms with Crippen LogP contribution in [-0.2, 0) is 25.9 Å². The Hall–Kier alpha value is -3.12. The average molecular weight is 488 g/mol. The molecular weight excluding hydrogens is 454 g/mol. The van der Waals surface area contributed by atoms with Crippen molar-refractivity contribution < 1.29 is 9.21 Å². The molecule has 1 aliphatic carbocycles. The van der Waals surface area contributed by atoms with E-state index < -0.39 is 0 Å². The van der Waals surface area contributed by atoms with Crippen LogP contribution in [0.5, 0.6) is 0 Å². The molecule has 3 aromatic heterocycles. The first-order chi connectivity index (χ1) is 16.8. The maximum Gasteiger partial charge on any atom is 0.255 e. The second-order valence-electron chi connectivity index (χ2n) is 10.4. The molecule has 182 valence electrons. The van der Waals surface area contributed by atoms with E-state index in [1.807, 2.05) is 18.3 Å². The van der Waals surface area contributed by atoms with E-state index in [2.05, 4.69) is 68.0 Å². The number of hydrogen-bond acceptors (Lipinski definition) is 4. The van der Waals surface area contributed by atoms with Gasteiger partial charge in [-0.05, 0) is 61.3 Å². The first kappa shape index (κ1) is 23.6. The summed E-state index contributed by atoms with van der Waals surface area (Å²) < 4.78 is 7.65. The summed E-state index contributed by atoms with van der Waals surface area (Å²) in [7, 11) is 0. The molecule has 1 atom stereocenters. The third-order valence-electron chi connectivity index (χ3n) is 7.18. The lowest BCUT2D eigenvalue weighted by molar-refractivity contribution is 0.0947. The van der Waals surface area contributed by atoms with E-state index >= 15 is 0 Å². The van der Waals surface area contributed by atoms with Gasteiger partial charge in [0.2, 0.25) is 0 Å². The number of nitrogens with zero attached hydrogens (tertiary/aromatic N) is 2. The molecule has 0 spiro atoms. The molecule has 4 aromatic rings. The van der Waals surface area contributed by atoms with Crippen LogP contribution >= 0.6 is 11.3 Å². The number of rotatable bonds is 6. The van der Waals surface area contributed by atoms with Crippen LogP contribution in [0.15, 0.2) is 58.3 Å². The average Bonchev–Trinajstić information content (AvgIpc) is 3.57. The van der Waals surface area contributed by atoms with Crippen LogP contribution in [0.2, 0.25) is 0 Å². The van der Waals surface area contributed by atoms with Crippen LogP contribution in [0.1, 0.15) is 66.2 Å². The number of carbonyl (C=O) groups is 1. The summed E-state index contributed by atoms with van der Waals surface area (Å²) in [5.41, 5.74) is 4.43. The number of nitrogens with one attached hydrogen (secondary N) is 1. The second-order valence-corrected chi connectivity index (χ2v) is 11.5. The lowest BCUT2D eigenvalue weighted by atomic mass is 9.72. The molecule has 0 saturated heterocycles. The van der Waals surface area contributed by atoms with Gasteiger partial charge in [-0.2, -0.15) is 0 Å². The van der Waals surface area contributed by atoms with Crippen LogP contribution in [0.25, 0.3) is 10.9 Å². The fourth-order valence-electron chi connectivity index (χ4n) is 5.07.